The maximum Gasteiger partial charge on any atom is 0.263 e. The number of amides is 1. The summed E-state index contributed by atoms with van der Waals surface area (Å²) in [4.78, 5) is 32.7. The molecule has 1 N–H and O–H groups in total. The molecule has 1 aliphatic carbocycles. The number of benzene rings is 1. The van der Waals surface area contributed by atoms with Gasteiger partial charge in [0, 0.05) is 17.5 Å². The van der Waals surface area contributed by atoms with Gasteiger partial charge in [0.25, 0.3) is 5.56 Å². The van der Waals surface area contributed by atoms with Crippen LogP contribution in [0.4, 0.5) is 0 Å². The standard InChI is InChI=1S/C21H23N3O2S2/c1-4-24-20(26)16-12(2)13(3)27-19(16)23-21(24)28-17(14-8-6-5-7-9-14)18(25)22-15-10-11-15/h5-9,15,17H,4,10-11H2,1-3H3,(H,22,25)/t17-/m1/s1. The summed E-state index contributed by atoms with van der Waals surface area (Å²) in [6, 6.07) is 10.00. The Morgan fingerprint density at radius 3 is 2.68 bits per heavy atom. The Kier molecular flexibility index (Phi) is 5.29. The summed E-state index contributed by atoms with van der Waals surface area (Å²) >= 11 is 2.90. The number of rotatable bonds is 6. The smallest absolute Gasteiger partial charge is 0.263 e. The summed E-state index contributed by atoms with van der Waals surface area (Å²) < 4.78 is 1.69. The zero-order chi connectivity index (χ0) is 19.8. The number of thiophene rings is 1. The van der Waals surface area contributed by atoms with E-state index in [1.165, 1.54) is 23.1 Å². The van der Waals surface area contributed by atoms with E-state index >= 15 is 0 Å². The molecule has 0 spiro atoms. The Hall–Kier alpha value is -2.12. The Bertz CT molecular complexity index is 1080. The van der Waals surface area contributed by atoms with Crippen LogP contribution in [0.3, 0.4) is 0 Å². The second kappa shape index (κ2) is 7.72. The van der Waals surface area contributed by atoms with Crippen LogP contribution in [0.5, 0.6) is 0 Å². The maximum atomic E-state index is 13.1. The third-order valence-corrected chi connectivity index (χ3v) is 7.40. The van der Waals surface area contributed by atoms with Crippen molar-refractivity contribution in [1.29, 1.82) is 0 Å². The highest BCUT2D eigenvalue weighted by molar-refractivity contribution is 8.00. The quantitative estimate of drug-likeness (QED) is 0.486. The van der Waals surface area contributed by atoms with Gasteiger partial charge in [0.2, 0.25) is 5.91 Å². The highest BCUT2D eigenvalue weighted by Gasteiger charge is 2.30. The molecule has 2 heterocycles. The molecule has 7 heteroatoms. The van der Waals surface area contributed by atoms with Crippen LogP contribution in [-0.4, -0.2) is 21.5 Å². The van der Waals surface area contributed by atoms with Crippen molar-refractivity contribution < 1.29 is 4.79 Å². The molecule has 4 rings (SSSR count). The fourth-order valence-corrected chi connectivity index (χ4v) is 5.43. The highest BCUT2D eigenvalue weighted by atomic mass is 32.2. The molecular formula is C21H23N3O2S2. The number of hydrogen-bond donors (Lipinski definition) is 1. The molecule has 0 saturated heterocycles. The van der Waals surface area contributed by atoms with Crippen molar-refractivity contribution in [3.8, 4) is 0 Å². The number of nitrogens with one attached hydrogen (secondary N) is 1. The summed E-state index contributed by atoms with van der Waals surface area (Å²) in [7, 11) is 0. The van der Waals surface area contributed by atoms with Gasteiger partial charge in [0.1, 0.15) is 10.1 Å². The van der Waals surface area contributed by atoms with Gasteiger partial charge in [-0.25, -0.2) is 4.98 Å². The summed E-state index contributed by atoms with van der Waals surface area (Å²) in [5.74, 6) is -0.0192. The Morgan fingerprint density at radius 1 is 1.32 bits per heavy atom. The fourth-order valence-electron chi connectivity index (χ4n) is 3.19. The van der Waals surface area contributed by atoms with Crippen LogP contribution in [0.2, 0.25) is 0 Å². The minimum Gasteiger partial charge on any atom is -0.352 e. The molecule has 2 aromatic heterocycles. The van der Waals surface area contributed by atoms with E-state index in [4.69, 9.17) is 4.98 Å². The Morgan fingerprint density at radius 2 is 2.04 bits per heavy atom. The molecule has 0 radical (unpaired) electrons. The number of carbonyl (C=O) groups excluding carboxylic acids is 1. The van der Waals surface area contributed by atoms with E-state index in [-0.39, 0.29) is 17.5 Å². The van der Waals surface area contributed by atoms with Crippen molar-refractivity contribution in [3.63, 3.8) is 0 Å². The van der Waals surface area contributed by atoms with Gasteiger partial charge in [-0.2, -0.15) is 0 Å². The number of thioether (sulfide) groups is 1. The number of aryl methyl sites for hydroxylation is 2. The van der Waals surface area contributed by atoms with Crippen molar-refractivity contribution in [2.75, 3.05) is 0 Å². The van der Waals surface area contributed by atoms with Crippen LogP contribution >= 0.6 is 23.1 Å². The van der Waals surface area contributed by atoms with E-state index in [2.05, 4.69) is 5.32 Å². The molecule has 1 aliphatic rings. The number of nitrogens with zero attached hydrogens (tertiary/aromatic N) is 2. The minimum atomic E-state index is -0.439. The van der Waals surface area contributed by atoms with E-state index < -0.39 is 5.25 Å². The average Bonchev–Trinajstić information content (AvgIpc) is 3.45. The maximum absolute atomic E-state index is 13.1. The molecule has 1 aromatic carbocycles. The Balaban J connectivity index is 1.78. The van der Waals surface area contributed by atoms with Gasteiger partial charge in [0.15, 0.2) is 5.16 Å². The summed E-state index contributed by atoms with van der Waals surface area (Å²) in [5, 5.41) is 3.96. The fraction of sp³-hybridized carbons (Fsp3) is 0.381. The van der Waals surface area contributed by atoms with Crippen molar-refractivity contribution in [2.24, 2.45) is 0 Å². The van der Waals surface area contributed by atoms with Crippen LogP contribution in [0, 0.1) is 13.8 Å². The predicted octanol–water partition coefficient (Wildman–Crippen LogP) is 4.21. The number of carbonyl (C=O) groups is 1. The summed E-state index contributed by atoms with van der Waals surface area (Å²) in [5.41, 5.74) is 1.90. The average molecular weight is 414 g/mol. The molecule has 1 saturated carbocycles. The second-order valence-corrected chi connectivity index (χ2v) is 9.37. The summed E-state index contributed by atoms with van der Waals surface area (Å²) in [6.07, 6.45) is 2.07. The van der Waals surface area contributed by atoms with Crippen LogP contribution in [-0.2, 0) is 11.3 Å². The molecule has 146 valence electrons. The third kappa shape index (κ3) is 3.61. The zero-order valence-electron chi connectivity index (χ0n) is 16.2. The first-order valence-electron chi connectivity index (χ1n) is 9.52. The van der Waals surface area contributed by atoms with E-state index in [1.54, 1.807) is 4.57 Å². The topological polar surface area (TPSA) is 64.0 Å². The van der Waals surface area contributed by atoms with Gasteiger partial charge >= 0.3 is 0 Å². The lowest BCUT2D eigenvalue weighted by Gasteiger charge is -2.18. The molecular weight excluding hydrogens is 390 g/mol. The molecule has 1 fully saturated rings. The first-order chi connectivity index (χ1) is 13.5. The van der Waals surface area contributed by atoms with Crippen molar-refractivity contribution >= 4 is 39.2 Å². The predicted molar refractivity (Wildman–Crippen MR) is 115 cm³/mol. The lowest BCUT2D eigenvalue weighted by molar-refractivity contribution is -0.120. The first-order valence-corrected chi connectivity index (χ1v) is 11.2. The molecule has 3 aromatic rings. The SMILES string of the molecule is CCn1c(S[C@@H](C(=O)NC2CC2)c2ccccc2)nc2sc(C)c(C)c2c1=O. The highest BCUT2D eigenvalue weighted by Crippen LogP contribution is 2.37. The third-order valence-electron chi connectivity index (χ3n) is 5.06. The molecule has 1 atom stereocenters. The molecule has 28 heavy (non-hydrogen) atoms. The first kappa shape index (κ1) is 19.2. The molecule has 5 nitrogen and oxygen atoms in total. The van der Waals surface area contributed by atoms with Crippen LogP contribution < -0.4 is 10.9 Å². The van der Waals surface area contributed by atoms with E-state index in [0.717, 1.165) is 33.7 Å². The van der Waals surface area contributed by atoms with Gasteiger partial charge in [-0.15, -0.1) is 11.3 Å². The molecule has 0 unspecified atom stereocenters. The van der Waals surface area contributed by atoms with Crippen LogP contribution in [0.1, 0.15) is 41.0 Å². The number of hydrogen-bond acceptors (Lipinski definition) is 5. The van der Waals surface area contributed by atoms with Crippen LogP contribution in [0.15, 0.2) is 40.3 Å². The number of fused-ring (bicyclic) bond motifs is 1. The minimum absolute atomic E-state index is 0.0192. The van der Waals surface area contributed by atoms with Gasteiger partial charge in [0.05, 0.1) is 5.39 Å². The van der Waals surface area contributed by atoms with Crippen molar-refractivity contribution in [1.82, 2.24) is 14.9 Å². The molecule has 0 aliphatic heterocycles. The lowest BCUT2D eigenvalue weighted by Crippen LogP contribution is -2.30. The van der Waals surface area contributed by atoms with Gasteiger partial charge in [-0.3, -0.25) is 14.2 Å². The van der Waals surface area contributed by atoms with Crippen LogP contribution in [0.25, 0.3) is 10.2 Å². The Labute approximate surface area is 172 Å². The lowest BCUT2D eigenvalue weighted by atomic mass is 10.1. The molecule has 0 bridgehead atoms. The van der Waals surface area contributed by atoms with E-state index in [1.807, 2.05) is 51.1 Å². The van der Waals surface area contributed by atoms with Gasteiger partial charge in [-0.1, -0.05) is 42.1 Å². The van der Waals surface area contributed by atoms with E-state index in [9.17, 15) is 9.59 Å². The zero-order valence-corrected chi connectivity index (χ0v) is 17.8. The monoisotopic (exact) mass is 413 g/mol. The van der Waals surface area contributed by atoms with E-state index in [0.29, 0.717) is 17.1 Å². The van der Waals surface area contributed by atoms with Gasteiger partial charge < -0.3 is 5.32 Å². The second-order valence-electron chi connectivity index (χ2n) is 7.10. The largest absolute Gasteiger partial charge is 0.352 e. The van der Waals surface area contributed by atoms with Crippen molar-refractivity contribution in [2.45, 2.75) is 56.6 Å². The molecule has 1 amide bonds. The summed E-state index contributed by atoms with van der Waals surface area (Å²) in [6.45, 7) is 6.44. The van der Waals surface area contributed by atoms with Gasteiger partial charge in [-0.05, 0) is 44.7 Å². The normalized spacial score (nSPS) is 15.0. The number of aromatic nitrogens is 2. The van der Waals surface area contributed by atoms with Crippen molar-refractivity contribution in [3.05, 3.63) is 56.7 Å².